The number of aromatic nitrogens is 3. The van der Waals surface area contributed by atoms with Crippen LogP contribution in [0.4, 0.5) is 0 Å². The Balaban J connectivity index is 1.99. The van der Waals surface area contributed by atoms with Crippen LogP contribution in [0.3, 0.4) is 0 Å². The summed E-state index contributed by atoms with van der Waals surface area (Å²) in [6.07, 6.45) is 1.98. The van der Waals surface area contributed by atoms with Crippen LogP contribution in [0.15, 0.2) is 35.8 Å². The van der Waals surface area contributed by atoms with Crippen molar-refractivity contribution < 1.29 is 5.11 Å². The number of rotatable bonds is 2. The van der Waals surface area contributed by atoms with Crippen LogP contribution in [0.25, 0.3) is 21.8 Å². The number of benzene rings is 1. The Morgan fingerprint density at radius 2 is 1.95 bits per heavy atom. The normalized spacial score (nSPS) is 10.8. The Bertz CT molecular complexity index is 713. The molecule has 96 valence electrons. The third-order valence-corrected chi connectivity index (χ3v) is 3.80. The topological polar surface area (TPSA) is 50.9 Å². The summed E-state index contributed by atoms with van der Waals surface area (Å²) in [5, 5.41) is 16.6. The first kappa shape index (κ1) is 11.9. The highest BCUT2D eigenvalue weighted by Gasteiger charge is 2.11. The second-order valence-electron chi connectivity index (χ2n) is 4.39. The molecule has 0 aliphatic heterocycles. The highest BCUT2D eigenvalue weighted by atomic mass is 32.1. The maximum Gasteiger partial charge on any atom is 0.124 e. The molecule has 0 aliphatic rings. The lowest BCUT2D eigenvalue weighted by atomic mass is 10.2. The number of nitrogens with zero attached hydrogens (tertiary/aromatic N) is 3. The van der Waals surface area contributed by atoms with Gasteiger partial charge in [-0.15, -0.1) is 11.3 Å². The third kappa shape index (κ3) is 2.24. The van der Waals surface area contributed by atoms with Crippen molar-refractivity contribution in [3.8, 4) is 27.6 Å². The summed E-state index contributed by atoms with van der Waals surface area (Å²) in [6.45, 7) is 1.98. The molecule has 0 saturated heterocycles. The molecule has 4 nitrogen and oxygen atoms in total. The number of thiazole rings is 1. The number of phenols is 1. The van der Waals surface area contributed by atoms with Gasteiger partial charge in [-0.1, -0.05) is 0 Å². The molecule has 0 aliphatic carbocycles. The van der Waals surface area contributed by atoms with Crippen molar-refractivity contribution in [3.05, 3.63) is 41.5 Å². The monoisotopic (exact) mass is 271 g/mol. The number of hydrogen-bond acceptors (Lipinski definition) is 4. The molecule has 2 heterocycles. The Morgan fingerprint density at radius 1 is 1.21 bits per heavy atom. The van der Waals surface area contributed by atoms with E-state index < -0.39 is 0 Å². The SMILES string of the molecule is Cc1nn(C)cc1-c1csc(-c2ccc(O)cc2)n1. The molecular formula is C14H13N3OS. The van der Waals surface area contributed by atoms with Crippen molar-refractivity contribution >= 4 is 11.3 Å². The van der Waals surface area contributed by atoms with Crippen LogP contribution >= 0.6 is 11.3 Å². The molecule has 0 atom stereocenters. The van der Waals surface area contributed by atoms with E-state index in [1.54, 1.807) is 28.2 Å². The molecule has 0 radical (unpaired) electrons. The molecule has 2 aromatic heterocycles. The minimum absolute atomic E-state index is 0.267. The van der Waals surface area contributed by atoms with Crippen LogP contribution in [0.1, 0.15) is 5.69 Å². The van der Waals surface area contributed by atoms with Crippen molar-refractivity contribution in [2.75, 3.05) is 0 Å². The van der Waals surface area contributed by atoms with E-state index in [9.17, 15) is 5.11 Å². The Morgan fingerprint density at radius 3 is 2.58 bits per heavy atom. The molecule has 0 unspecified atom stereocenters. The molecule has 0 saturated carbocycles. The number of aromatic hydroxyl groups is 1. The average molecular weight is 271 g/mol. The van der Waals surface area contributed by atoms with Gasteiger partial charge in [0.1, 0.15) is 10.8 Å². The number of phenolic OH excluding ortho intramolecular Hbond substituents is 1. The summed E-state index contributed by atoms with van der Waals surface area (Å²) in [5.41, 5.74) is 3.99. The molecule has 1 N–H and O–H groups in total. The first-order valence-corrected chi connectivity index (χ1v) is 6.77. The van der Waals surface area contributed by atoms with Gasteiger partial charge in [0.2, 0.25) is 0 Å². The fraction of sp³-hybridized carbons (Fsp3) is 0.143. The zero-order valence-corrected chi connectivity index (χ0v) is 11.5. The second kappa shape index (κ2) is 4.51. The van der Waals surface area contributed by atoms with Gasteiger partial charge in [-0.3, -0.25) is 4.68 Å². The van der Waals surface area contributed by atoms with E-state index in [4.69, 9.17) is 0 Å². The lowest BCUT2D eigenvalue weighted by Gasteiger charge is -1.96. The van der Waals surface area contributed by atoms with Gasteiger partial charge in [0, 0.05) is 29.8 Å². The zero-order chi connectivity index (χ0) is 13.4. The van der Waals surface area contributed by atoms with Crippen molar-refractivity contribution in [1.29, 1.82) is 0 Å². The third-order valence-electron chi connectivity index (χ3n) is 2.91. The fourth-order valence-electron chi connectivity index (χ4n) is 1.99. The molecule has 3 aromatic rings. The minimum atomic E-state index is 0.267. The van der Waals surface area contributed by atoms with E-state index in [1.807, 2.05) is 37.7 Å². The lowest BCUT2D eigenvalue weighted by molar-refractivity contribution is 0.475. The maximum atomic E-state index is 9.30. The second-order valence-corrected chi connectivity index (χ2v) is 5.24. The van der Waals surface area contributed by atoms with E-state index >= 15 is 0 Å². The molecule has 3 rings (SSSR count). The summed E-state index contributed by atoms with van der Waals surface area (Å²) in [6, 6.07) is 7.08. The average Bonchev–Trinajstić information content (AvgIpc) is 2.97. The molecule has 0 amide bonds. The van der Waals surface area contributed by atoms with Crippen LogP contribution < -0.4 is 0 Å². The van der Waals surface area contributed by atoms with Crippen molar-refractivity contribution in [3.63, 3.8) is 0 Å². The lowest BCUT2D eigenvalue weighted by Crippen LogP contribution is -1.86. The van der Waals surface area contributed by atoms with E-state index in [-0.39, 0.29) is 5.75 Å². The summed E-state index contributed by atoms with van der Waals surface area (Å²) in [4.78, 5) is 4.64. The van der Waals surface area contributed by atoms with Crippen LogP contribution in [0.2, 0.25) is 0 Å². The highest BCUT2D eigenvalue weighted by molar-refractivity contribution is 7.13. The predicted molar refractivity (Wildman–Crippen MR) is 76.2 cm³/mol. The van der Waals surface area contributed by atoms with Gasteiger partial charge in [-0.05, 0) is 31.2 Å². The summed E-state index contributed by atoms with van der Waals surface area (Å²) in [5.74, 6) is 0.267. The first-order chi connectivity index (χ1) is 9.13. The molecule has 5 heteroatoms. The van der Waals surface area contributed by atoms with Gasteiger partial charge in [0.15, 0.2) is 0 Å². The van der Waals surface area contributed by atoms with Gasteiger partial charge in [0.25, 0.3) is 0 Å². The van der Waals surface area contributed by atoms with Crippen molar-refractivity contribution in [2.45, 2.75) is 6.92 Å². The molecule has 0 bridgehead atoms. The first-order valence-electron chi connectivity index (χ1n) is 5.89. The molecule has 1 aromatic carbocycles. The Hall–Kier alpha value is -2.14. The van der Waals surface area contributed by atoms with E-state index in [1.165, 1.54) is 0 Å². The Kier molecular flexibility index (Phi) is 2.83. The van der Waals surface area contributed by atoms with Crippen LogP contribution in [0.5, 0.6) is 5.75 Å². The van der Waals surface area contributed by atoms with E-state index in [2.05, 4.69) is 10.1 Å². The van der Waals surface area contributed by atoms with Gasteiger partial charge < -0.3 is 5.11 Å². The smallest absolute Gasteiger partial charge is 0.124 e. The van der Waals surface area contributed by atoms with Gasteiger partial charge in [-0.2, -0.15) is 5.10 Å². The molecule has 19 heavy (non-hydrogen) atoms. The number of hydrogen-bond donors (Lipinski definition) is 1. The molecule has 0 spiro atoms. The summed E-state index contributed by atoms with van der Waals surface area (Å²) in [7, 11) is 1.91. The summed E-state index contributed by atoms with van der Waals surface area (Å²) < 4.78 is 1.80. The van der Waals surface area contributed by atoms with Gasteiger partial charge in [-0.25, -0.2) is 4.98 Å². The van der Waals surface area contributed by atoms with Crippen LogP contribution in [-0.4, -0.2) is 19.9 Å². The molecular weight excluding hydrogens is 258 g/mol. The van der Waals surface area contributed by atoms with E-state index in [0.717, 1.165) is 27.5 Å². The van der Waals surface area contributed by atoms with Crippen molar-refractivity contribution in [2.24, 2.45) is 7.05 Å². The van der Waals surface area contributed by atoms with Gasteiger partial charge in [0.05, 0.1) is 11.4 Å². The quantitative estimate of drug-likeness (QED) is 0.778. The fourth-order valence-corrected chi connectivity index (χ4v) is 2.81. The van der Waals surface area contributed by atoms with Gasteiger partial charge >= 0.3 is 0 Å². The standard InChI is InChI=1S/C14H13N3OS/c1-9-12(7-17(2)16-9)13-8-19-14(15-13)10-3-5-11(18)6-4-10/h3-8,18H,1-2H3. The summed E-state index contributed by atoms with van der Waals surface area (Å²) >= 11 is 1.59. The highest BCUT2D eigenvalue weighted by Crippen LogP contribution is 2.30. The van der Waals surface area contributed by atoms with Crippen LogP contribution in [0, 0.1) is 6.92 Å². The minimum Gasteiger partial charge on any atom is -0.508 e. The maximum absolute atomic E-state index is 9.30. The largest absolute Gasteiger partial charge is 0.508 e. The predicted octanol–water partition coefficient (Wildman–Crippen LogP) is 3.22. The van der Waals surface area contributed by atoms with Crippen LogP contribution in [-0.2, 0) is 7.05 Å². The number of aryl methyl sites for hydroxylation is 2. The van der Waals surface area contributed by atoms with Crippen molar-refractivity contribution in [1.82, 2.24) is 14.8 Å². The molecule has 0 fully saturated rings. The zero-order valence-electron chi connectivity index (χ0n) is 10.7. The Labute approximate surface area is 115 Å². The van der Waals surface area contributed by atoms with E-state index in [0.29, 0.717) is 0 Å².